The normalized spacial score (nSPS) is 12.1. The molecular weight excluding hydrogens is 420 g/mol. The standard InChI is InChI=1S/C24H28N6O3/c1-4-30(5-2)23-15-22(25-16(3)26-23)27-17-6-8-18(9-7-17)28-24(31)29-19-10-11-20-21(14-19)33-13-12-32-20/h6-11,14-15H,4-5,12-13H2,1-3H3,(H,25,26,27)(H2,28,29,31). The first-order valence-corrected chi connectivity index (χ1v) is 11.0. The molecule has 2 heterocycles. The number of aromatic nitrogens is 2. The molecule has 1 aliphatic rings. The Morgan fingerprint density at radius 1 is 0.879 bits per heavy atom. The highest BCUT2D eigenvalue weighted by Crippen LogP contribution is 2.32. The number of nitrogens with one attached hydrogen (secondary N) is 3. The Kier molecular flexibility index (Phi) is 6.77. The van der Waals surface area contributed by atoms with Crippen LogP contribution in [0.1, 0.15) is 19.7 Å². The molecule has 9 heteroatoms. The highest BCUT2D eigenvalue weighted by Gasteiger charge is 2.13. The maximum atomic E-state index is 12.4. The summed E-state index contributed by atoms with van der Waals surface area (Å²) in [6.45, 7) is 8.86. The molecule has 0 fully saturated rings. The van der Waals surface area contributed by atoms with E-state index in [0.29, 0.717) is 41.9 Å². The van der Waals surface area contributed by atoms with Crippen LogP contribution >= 0.6 is 0 Å². The number of amides is 2. The van der Waals surface area contributed by atoms with Crippen LogP contribution < -0.4 is 30.3 Å². The third-order valence-electron chi connectivity index (χ3n) is 5.13. The van der Waals surface area contributed by atoms with Crippen molar-refractivity contribution in [2.24, 2.45) is 0 Å². The average molecular weight is 449 g/mol. The first kappa shape index (κ1) is 22.2. The third-order valence-corrected chi connectivity index (χ3v) is 5.13. The molecule has 0 atom stereocenters. The predicted molar refractivity (Wildman–Crippen MR) is 130 cm³/mol. The van der Waals surface area contributed by atoms with Crippen molar-refractivity contribution in [2.75, 3.05) is 47.2 Å². The Balaban J connectivity index is 1.37. The summed E-state index contributed by atoms with van der Waals surface area (Å²) in [6.07, 6.45) is 0. The van der Waals surface area contributed by atoms with Crippen LogP contribution in [0.5, 0.6) is 11.5 Å². The predicted octanol–water partition coefficient (Wildman–Crippen LogP) is 4.79. The quantitative estimate of drug-likeness (QED) is 0.478. The van der Waals surface area contributed by atoms with Gasteiger partial charge >= 0.3 is 6.03 Å². The number of hydrogen-bond donors (Lipinski definition) is 3. The Hall–Kier alpha value is -4.01. The Morgan fingerprint density at radius 2 is 1.52 bits per heavy atom. The number of urea groups is 1. The molecule has 0 spiro atoms. The zero-order chi connectivity index (χ0) is 23.2. The van der Waals surface area contributed by atoms with Crippen molar-refractivity contribution in [1.82, 2.24) is 9.97 Å². The van der Waals surface area contributed by atoms with Crippen LogP contribution in [0.3, 0.4) is 0 Å². The van der Waals surface area contributed by atoms with E-state index in [1.54, 1.807) is 18.2 Å². The molecular formula is C24H28N6O3. The number of ether oxygens (including phenoxy) is 2. The van der Waals surface area contributed by atoms with Gasteiger partial charge < -0.3 is 30.3 Å². The smallest absolute Gasteiger partial charge is 0.323 e. The molecule has 1 aliphatic heterocycles. The molecule has 4 rings (SSSR count). The summed E-state index contributed by atoms with van der Waals surface area (Å²) >= 11 is 0. The summed E-state index contributed by atoms with van der Waals surface area (Å²) in [4.78, 5) is 23.6. The number of nitrogens with zero attached hydrogens (tertiary/aromatic N) is 3. The van der Waals surface area contributed by atoms with E-state index >= 15 is 0 Å². The molecule has 2 amide bonds. The van der Waals surface area contributed by atoms with Gasteiger partial charge in [-0.05, 0) is 57.2 Å². The lowest BCUT2D eigenvalue weighted by Gasteiger charge is -2.20. The number of carbonyl (C=O) groups is 1. The van der Waals surface area contributed by atoms with E-state index in [1.165, 1.54) is 0 Å². The molecule has 3 aromatic rings. The topological polar surface area (TPSA) is 101 Å². The molecule has 172 valence electrons. The lowest BCUT2D eigenvalue weighted by molar-refractivity contribution is 0.171. The van der Waals surface area contributed by atoms with Gasteiger partial charge in [-0.15, -0.1) is 0 Å². The fourth-order valence-electron chi connectivity index (χ4n) is 3.52. The van der Waals surface area contributed by atoms with E-state index in [0.717, 1.165) is 30.4 Å². The lowest BCUT2D eigenvalue weighted by atomic mass is 10.2. The number of carbonyl (C=O) groups excluding carboxylic acids is 1. The first-order chi connectivity index (χ1) is 16.0. The fourth-order valence-corrected chi connectivity index (χ4v) is 3.52. The summed E-state index contributed by atoms with van der Waals surface area (Å²) in [5.74, 6) is 3.62. The number of benzene rings is 2. The minimum atomic E-state index is -0.345. The van der Waals surface area contributed by atoms with E-state index < -0.39 is 0 Å². The van der Waals surface area contributed by atoms with Crippen LogP contribution in [0, 0.1) is 6.92 Å². The van der Waals surface area contributed by atoms with Crippen molar-refractivity contribution in [3.05, 3.63) is 54.4 Å². The second-order valence-electron chi connectivity index (χ2n) is 7.47. The Labute approximate surface area is 193 Å². The Morgan fingerprint density at radius 3 is 2.24 bits per heavy atom. The van der Waals surface area contributed by atoms with Gasteiger partial charge in [0.15, 0.2) is 11.5 Å². The molecule has 0 saturated heterocycles. The van der Waals surface area contributed by atoms with Gasteiger partial charge in [0, 0.05) is 42.3 Å². The minimum absolute atomic E-state index is 0.345. The molecule has 0 radical (unpaired) electrons. The third kappa shape index (κ3) is 5.62. The summed E-state index contributed by atoms with van der Waals surface area (Å²) in [5.41, 5.74) is 2.15. The van der Waals surface area contributed by atoms with Crippen molar-refractivity contribution in [3.8, 4) is 11.5 Å². The molecule has 2 aromatic carbocycles. The van der Waals surface area contributed by atoms with E-state index in [4.69, 9.17) is 9.47 Å². The van der Waals surface area contributed by atoms with Gasteiger partial charge in [0.2, 0.25) is 0 Å². The van der Waals surface area contributed by atoms with Crippen LogP contribution in [0.4, 0.5) is 33.5 Å². The van der Waals surface area contributed by atoms with Crippen molar-refractivity contribution >= 4 is 34.7 Å². The van der Waals surface area contributed by atoms with Crippen LogP contribution in [0.25, 0.3) is 0 Å². The van der Waals surface area contributed by atoms with Gasteiger partial charge in [0.1, 0.15) is 30.7 Å². The second kappa shape index (κ2) is 10.1. The zero-order valence-corrected chi connectivity index (χ0v) is 19.0. The SMILES string of the molecule is CCN(CC)c1cc(Nc2ccc(NC(=O)Nc3ccc4c(c3)OCCO4)cc2)nc(C)n1. The first-order valence-electron chi connectivity index (χ1n) is 11.0. The lowest BCUT2D eigenvalue weighted by Crippen LogP contribution is -2.23. The van der Waals surface area contributed by atoms with Crippen molar-refractivity contribution in [1.29, 1.82) is 0 Å². The van der Waals surface area contributed by atoms with Gasteiger partial charge in [0.25, 0.3) is 0 Å². The molecule has 9 nitrogen and oxygen atoms in total. The molecule has 0 aliphatic carbocycles. The van der Waals surface area contributed by atoms with Gasteiger partial charge in [-0.2, -0.15) is 0 Å². The van der Waals surface area contributed by atoms with Crippen molar-refractivity contribution in [3.63, 3.8) is 0 Å². The fraction of sp³-hybridized carbons (Fsp3) is 0.292. The molecule has 33 heavy (non-hydrogen) atoms. The highest BCUT2D eigenvalue weighted by molar-refractivity contribution is 6.00. The van der Waals surface area contributed by atoms with Crippen molar-refractivity contribution < 1.29 is 14.3 Å². The van der Waals surface area contributed by atoms with E-state index in [9.17, 15) is 4.79 Å². The second-order valence-corrected chi connectivity index (χ2v) is 7.47. The molecule has 1 aromatic heterocycles. The molecule has 0 unspecified atom stereocenters. The Bertz CT molecular complexity index is 1120. The van der Waals surface area contributed by atoms with Gasteiger partial charge in [0.05, 0.1) is 0 Å². The number of rotatable bonds is 7. The summed E-state index contributed by atoms with van der Waals surface area (Å²) in [7, 11) is 0. The van der Waals surface area contributed by atoms with Crippen LogP contribution in [-0.4, -0.2) is 42.3 Å². The summed E-state index contributed by atoms with van der Waals surface area (Å²) in [5, 5.41) is 8.94. The zero-order valence-electron chi connectivity index (χ0n) is 19.0. The minimum Gasteiger partial charge on any atom is -0.486 e. The highest BCUT2D eigenvalue weighted by atomic mass is 16.6. The van der Waals surface area contributed by atoms with E-state index in [1.807, 2.05) is 37.3 Å². The number of hydrogen-bond acceptors (Lipinski definition) is 7. The molecule has 3 N–H and O–H groups in total. The largest absolute Gasteiger partial charge is 0.486 e. The number of anilines is 5. The van der Waals surface area contributed by atoms with Gasteiger partial charge in [-0.25, -0.2) is 14.8 Å². The maximum Gasteiger partial charge on any atom is 0.323 e. The van der Waals surface area contributed by atoms with E-state index in [2.05, 4.69) is 44.7 Å². The summed E-state index contributed by atoms with van der Waals surface area (Å²) < 4.78 is 11.1. The van der Waals surface area contributed by atoms with Gasteiger partial charge in [-0.3, -0.25) is 0 Å². The van der Waals surface area contributed by atoms with Crippen LogP contribution in [-0.2, 0) is 0 Å². The van der Waals surface area contributed by atoms with Crippen molar-refractivity contribution in [2.45, 2.75) is 20.8 Å². The number of aryl methyl sites for hydroxylation is 1. The molecule has 0 saturated carbocycles. The van der Waals surface area contributed by atoms with Crippen LogP contribution in [0.2, 0.25) is 0 Å². The average Bonchev–Trinajstić information content (AvgIpc) is 2.81. The monoisotopic (exact) mass is 448 g/mol. The number of fused-ring (bicyclic) bond motifs is 1. The maximum absolute atomic E-state index is 12.4. The summed E-state index contributed by atoms with van der Waals surface area (Å²) in [6, 6.07) is 14.3. The van der Waals surface area contributed by atoms with Crippen LogP contribution in [0.15, 0.2) is 48.5 Å². The van der Waals surface area contributed by atoms with E-state index in [-0.39, 0.29) is 6.03 Å². The van der Waals surface area contributed by atoms with Gasteiger partial charge in [-0.1, -0.05) is 0 Å². The molecule has 0 bridgehead atoms.